The molecule has 0 radical (unpaired) electrons. The third-order valence-corrected chi connectivity index (χ3v) is 6.23. The molecule has 0 saturated heterocycles. The van der Waals surface area contributed by atoms with Crippen LogP contribution in [0.1, 0.15) is 24.3 Å². The van der Waals surface area contributed by atoms with Gasteiger partial charge in [0.2, 0.25) is 11.9 Å². The lowest BCUT2D eigenvalue weighted by atomic mass is 9.76. The topological polar surface area (TPSA) is 69.1 Å². The first-order valence-corrected chi connectivity index (χ1v) is 10.5. The normalized spacial score (nSPS) is 15.8. The molecule has 1 aliphatic carbocycles. The van der Waals surface area contributed by atoms with Crippen LogP contribution in [0.4, 0.5) is 14.7 Å². The highest BCUT2D eigenvalue weighted by atomic mass is 19.3. The van der Waals surface area contributed by atoms with Crippen LogP contribution in [0, 0.1) is 0 Å². The van der Waals surface area contributed by atoms with Crippen LogP contribution in [0.2, 0.25) is 0 Å². The van der Waals surface area contributed by atoms with Gasteiger partial charge in [-0.25, -0.2) is 13.8 Å². The Balaban J connectivity index is 1.51. The standard InChI is InChI=1S/C25H19F2N5/c26-25(27)13-18(14-25)15-6-8-17(9-7-15)22-19(16-4-2-1-3-5-16)12-20-21(29-22)10-11-32-23(20)30-31-24(32)28/h1-12,18H,13-14H2,(H2,28,31). The van der Waals surface area contributed by atoms with E-state index >= 15 is 0 Å². The average molecular weight is 427 g/mol. The second kappa shape index (κ2) is 6.82. The third kappa shape index (κ3) is 3.00. The van der Waals surface area contributed by atoms with E-state index in [-0.39, 0.29) is 18.8 Å². The van der Waals surface area contributed by atoms with Crippen LogP contribution >= 0.6 is 0 Å². The number of aromatic nitrogens is 4. The fourth-order valence-corrected chi connectivity index (χ4v) is 4.48. The van der Waals surface area contributed by atoms with Crippen LogP contribution in [0.25, 0.3) is 38.9 Å². The summed E-state index contributed by atoms with van der Waals surface area (Å²) in [5.74, 6) is -2.28. The minimum atomic E-state index is -2.53. The Hall–Kier alpha value is -3.87. The summed E-state index contributed by atoms with van der Waals surface area (Å²) < 4.78 is 28.3. The molecule has 32 heavy (non-hydrogen) atoms. The van der Waals surface area contributed by atoms with Crippen molar-refractivity contribution in [3.05, 3.63) is 78.5 Å². The number of alkyl halides is 2. The molecule has 0 bridgehead atoms. The van der Waals surface area contributed by atoms with Crippen LogP contribution in [-0.2, 0) is 0 Å². The number of fused-ring (bicyclic) bond motifs is 3. The summed E-state index contributed by atoms with van der Waals surface area (Å²) in [6.07, 6.45) is 1.66. The molecule has 6 rings (SSSR count). The first-order chi connectivity index (χ1) is 15.5. The number of halogens is 2. The van der Waals surface area contributed by atoms with Gasteiger partial charge in [0, 0.05) is 35.6 Å². The largest absolute Gasteiger partial charge is 0.368 e. The highest BCUT2D eigenvalue weighted by Gasteiger charge is 2.45. The van der Waals surface area contributed by atoms with Gasteiger partial charge in [0.05, 0.1) is 11.2 Å². The highest BCUT2D eigenvalue weighted by molar-refractivity contribution is 5.98. The Kier molecular flexibility index (Phi) is 4.02. The zero-order valence-electron chi connectivity index (χ0n) is 17.0. The second-order valence-electron chi connectivity index (χ2n) is 8.33. The Bertz CT molecular complexity index is 1450. The lowest BCUT2D eigenvalue weighted by Gasteiger charge is -2.35. The molecular weight excluding hydrogens is 408 g/mol. The number of hydrogen-bond acceptors (Lipinski definition) is 4. The smallest absolute Gasteiger partial charge is 0.249 e. The third-order valence-electron chi connectivity index (χ3n) is 6.23. The summed E-state index contributed by atoms with van der Waals surface area (Å²) in [5, 5.41) is 9.07. The van der Waals surface area contributed by atoms with E-state index in [0.29, 0.717) is 11.6 Å². The van der Waals surface area contributed by atoms with Crippen LogP contribution < -0.4 is 5.73 Å². The molecule has 7 heteroatoms. The van der Waals surface area contributed by atoms with Gasteiger partial charge in [-0.3, -0.25) is 4.40 Å². The van der Waals surface area contributed by atoms with Crippen molar-refractivity contribution < 1.29 is 8.78 Å². The number of rotatable bonds is 3. The van der Waals surface area contributed by atoms with E-state index in [4.69, 9.17) is 10.7 Å². The molecule has 1 aliphatic rings. The van der Waals surface area contributed by atoms with Gasteiger partial charge in [-0.15, -0.1) is 10.2 Å². The maximum atomic E-state index is 13.3. The van der Waals surface area contributed by atoms with E-state index in [1.165, 1.54) is 0 Å². The summed E-state index contributed by atoms with van der Waals surface area (Å²) in [7, 11) is 0. The molecule has 0 amide bonds. The molecule has 0 atom stereocenters. The van der Waals surface area contributed by atoms with Gasteiger partial charge in [-0.1, -0.05) is 54.6 Å². The van der Waals surface area contributed by atoms with Gasteiger partial charge in [-0.2, -0.15) is 0 Å². The van der Waals surface area contributed by atoms with Gasteiger partial charge in [0.15, 0.2) is 5.65 Å². The predicted molar refractivity (Wildman–Crippen MR) is 120 cm³/mol. The van der Waals surface area contributed by atoms with E-state index in [1.54, 1.807) is 4.40 Å². The Morgan fingerprint density at radius 1 is 0.906 bits per heavy atom. The van der Waals surface area contributed by atoms with Crippen molar-refractivity contribution in [2.45, 2.75) is 24.7 Å². The van der Waals surface area contributed by atoms with E-state index in [2.05, 4.69) is 16.3 Å². The SMILES string of the molecule is Nc1nnc2c3cc(-c4ccccc4)c(-c4ccc(C5CC(F)(F)C5)cc4)nc3ccn12. The molecule has 2 N–H and O–H groups in total. The monoisotopic (exact) mass is 427 g/mol. The fraction of sp³-hybridized carbons (Fsp3) is 0.160. The van der Waals surface area contributed by atoms with E-state index < -0.39 is 5.92 Å². The summed E-state index contributed by atoms with van der Waals surface area (Å²) in [5.41, 5.74) is 12.0. The van der Waals surface area contributed by atoms with E-state index in [9.17, 15) is 8.78 Å². The molecule has 158 valence electrons. The van der Waals surface area contributed by atoms with Crippen LogP contribution in [-0.4, -0.2) is 25.5 Å². The molecule has 0 aliphatic heterocycles. The second-order valence-corrected chi connectivity index (χ2v) is 8.33. The number of nitrogens with two attached hydrogens (primary N) is 1. The summed E-state index contributed by atoms with van der Waals surface area (Å²) in [4.78, 5) is 4.97. The number of nitrogen functional groups attached to an aromatic ring is 1. The maximum absolute atomic E-state index is 13.3. The average Bonchev–Trinajstić information content (AvgIpc) is 3.18. The lowest BCUT2D eigenvalue weighted by molar-refractivity contribution is -0.0867. The van der Waals surface area contributed by atoms with E-state index in [0.717, 1.165) is 38.9 Å². The number of pyridine rings is 2. The molecule has 3 heterocycles. The van der Waals surface area contributed by atoms with Crippen LogP contribution in [0.5, 0.6) is 0 Å². The zero-order valence-corrected chi connectivity index (χ0v) is 17.0. The lowest BCUT2D eigenvalue weighted by Crippen LogP contribution is -2.33. The molecule has 2 aromatic carbocycles. The molecule has 1 saturated carbocycles. The van der Waals surface area contributed by atoms with Crippen molar-refractivity contribution in [1.82, 2.24) is 19.6 Å². The van der Waals surface area contributed by atoms with Gasteiger partial charge in [-0.05, 0) is 29.2 Å². The maximum Gasteiger partial charge on any atom is 0.249 e. The Morgan fingerprint density at radius 2 is 1.66 bits per heavy atom. The van der Waals surface area contributed by atoms with Gasteiger partial charge >= 0.3 is 0 Å². The van der Waals surface area contributed by atoms with Crippen molar-refractivity contribution in [2.75, 3.05) is 5.73 Å². The van der Waals surface area contributed by atoms with Crippen molar-refractivity contribution in [3.63, 3.8) is 0 Å². The summed E-state index contributed by atoms with van der Waals surface area (Å²) in [6, 6.07) is 21.8. The Labute approximate surface area is 182 Å². The minimum absolute atomic E-state index is 0.0761. The van der Waals surface area contributed by atoms with Crippen LogP contribution in [0.15, 0.2) is 72.9 Å². The van der Waals surface area contributed by atoms with Gasteiger partial charge in [0.1, 0.15) is 0 Å². The van der Waals surface area contributed by atoms with E-state index in [1.807, 2.05) is 66.9 Å². The molecule has 0 unspecified atom stereocenters. The van der Waals surface area contributed by atoms with Crippen molar-refractivity contribution in [2.24, 2.45) is 0 Å². The molecule has 5 aromatic rings. The number of nitrogens with zero attached hydrogens (tertiary/aromatic N) is 4. The van der Waals surface area contributed by atoms with Crippen molar-refractivity contribution in [3.8, 4) is 22.4 Å². The Morgan fingerprint density at radius 3 is 2.38 bits per heavy atom. The zero-order chi connectivity index (χ0) is 21.9. The number of benzene rings is 2. The minimum Gasteiger partial charge on any atom is -0.368 e. The molecule has 0 spiro atoms. The molecule has 1 fully saturated rings. The van der Waals surface area contributed by atoms with Gasteiger partial charge in [0.25, 0.3) is 0 Å². The first kappa shape index (κ1) is 18.9. The summed E-state index contributed by atoms with van der Waals surface area (Å²) >= 11 is 0. The number of anilines is 1. The first-order valence-electron chi connectivity index (χ1n) is 10.5. The fourth-order valence-electron chi connectivity index (χ4n) is 4.48. The van der Waals surface area contributed by atoms with Crippen molar-refractivity contribution in [1.29, 1.82) is 0 Å². The molecular formula is C25H19F2N5. The van der Waals surface area contributed by atoms with Crippen LogP contribution in [0.3, 0.4) is 0 Å². The summed E-state index contributed by atoms with van der Waals surface area (Å²) in [6.45, 7) is 0. The van der Waals surface area contributed by atoms with Crippen molar-refractivity contribution >= 4 is 22.5 Å². The molecule has 3 aromatic heterocycles. The quantitative estimate of drug-likeness (QED) is 0.401. The molecule has 5 nitrogen and oxygen atoms in total. The predicted octanol–water partition coefficient (Wildman–Crippen LogP) is 5.71. The highest BCUT2D eigenvalue weighted by Crippen LogP contribution is 2.48. The van der Waals surface area contributed by atoms with Gasteiger partial charge < -0.3 is 5.73 Å². The number of hydrogen-bond donors (Lipinski definition) is 1.